The van der Waals surface area contributed by atoms with E-state index in [1.54, 1.807) is 0 Å². The van der Waals surface area contributed by atoms with Gasteiger partial charge in [-0.1, -0.05) is 38.1 Å². The molecule has 1 amide bonds. The molecule has 1 N–H and O–H groups in total. The summed E-state index contributed by atoms with van der Waals surface area (Å²) in [4.78, 5) is 11.9. The summed E-state index contributed by atoms with van der Waals surface area (Å²) in [6.07, 6.45) is 3.47. The zero-order valence-corrected chi connectivity index (χ0v) is 11.8. The predicted molar refractivity (Wildman–Crippen MR) is 77.1 cm³/mol. The lowest BCUT2D eigenvalue weighted by atomic mass is 9.91. The number of allylic oxidation sites excluding steroid dienone is 1. The summed E-state index contributed by atoms with van der Waals surface area (Å²) in [5.74, 6) is 0. The topological polar surface area (TPSA) is 38.3 Å². The maximum atomic E-state index is 11.9. The fraction of sp³-hybridized carbons (Fsp3) is 0.438. The third-order valence-corrected chi connectivity index (χ3v) is 3.47. The number of amides is 1. The first kappa shape index (κ1) is 13.7. The Kier molecular flexibility index (Phi) is 3.93. The number of rotatable bonds is 2. The summed E-state index contributed by atoms with van der Waals surface area (Å²) < 4.78 is 5.54. The van der Waals surface area contributed by atoms with Crippen LogP contribution in [0.25, 0.3) is 0 Å². The van der Waals surface area contributed by atoms with E-state index < -0.39 is 0 Å². The summed E-state index contributed by atoms with van der Waals surface area (Å²) in [6, 6.07) is 9.36. The van der Waals surface area contributed by atoms with Crippen LogP contribution >= 0.6 is 0 Å². The Morgan fingerprint density at radius 2 is 2.05 bits per heavy atom. The molecule has 0 radical (unpaired) electrons. The van der Waals surface area contributed by atoms with Crippen molar-refractivity contribution >= 4 is 11.8 Å². The molecule has 19 heavy (non-hydrogen) atoms. The summed E-state index contributed by atoms with van der Waals surface area (Å²) in [6.45, 7) is 6.41. The quantitative estimate of drug-likeness (QED) is 0.801. The number of benzene rings is 1. The van der Waals surface area contributed by atoms with Gasteiger partial charge < -0.3 is 4.74 Å². The fourth-order valence-electron chi connectivity index (χ4n) is 2.57. The standard InChI is InChI=1S/C16H21NO2/c1-4-12-10-16(2,3)11-14(12)19-15(18)17-13-8-6-5-7-9-13/h4-9,14H,10-11H2,1-3H3,(H,17,18)/b12-4+. The number of hydrogen-bond donors (Lipinski definition) is 1. The van der Waals surface area contributed by atoms with Gasteiger partial charge in [-0.3, -0.25) is 5.32 Å². The fourth-order valence-corrected chi connectivity index (χ4v) is 2.57. The average Bonchev–Trinajstić information content (AvgIpc) is 2.64. The number of ether oxygens (including phenoxy) is 1. The number of para-hydroxylation sites is 1. The second kappa shape index (κ2) is 5.47. The maximum Gasteiger partial charge on any atom is 0.412 e. The number of nitrogens with one attached hydrogen (secondary N) is 1. The van der Waals surface area contributed by atoms with E-state index in [1.807, 2.05) is 37.3 Å². The average molecular weight is 259 g/mol. The van der Waals surface area contributed by atoms with Crippen molar-refractivity contribution in [2.45, 2.75) is 39.7 Å². The Morgan fingerprint density at radius 1 is 1.37 bits per heavy atom. The van der Waals surface area contributed by atoms with Crippen LogP contribution in [0.2, 0.25) is 0 Å². The molecule has 0 saturated heterocycles. The number of hydrogen-bond acceptors (Lipinski definition) is 2. The molecule has 1 fully saturated rings. The Bertz CT molecular complexity index is 477. The molecule has 1 unspecified atom stereocenters. The van der Waals surface area contributed by atoms with Gasteiger partial charge in [-0.05, 0) is 42.9 Å². The molecule has 0 heterocycles. The number of carbonyl (C=O) groups is 1. The molecule has 2 rings (SSSR count). The van der Waals surface area contributed by atoms with E-state index in [-0.39, 0.29) is 17.6 Å². The molecule has 0 aromatic heterocycles. The Morgan fingerprint density at radius 3 is 2.68 bits per heavy atom. The van der Waals surface area contributed by atoms with Crippen molar-refractivity contribution in [3.63, 3.8) is 0 Å². The molecule has 1 saturated carbocycles. The molecule has 1 aromatic rings. The Balaban J connectivity index is 1.96. The molecule has 0 bridgehead atoms. The summed E-state index contributed by atoms with van der Waals surface area (Å²) in [5.41, 5.74) is 2.18. The second-order valence-corrected chi connectivity index (χ2v) is 5.79. The van der Waals surface area contributed by atoms with Crippen molar-refractivity contribution in [3.05, 3.63) is 42.0 Å². The monoisotopic (exact) mass is 259 g/mol. The van der Waals surface area contributed by atoms with Crippen LogP contribution < -0.4 is 5.32 Å². The van der Waals surface area contributed by atoms with E-state index in [4.69, 9.17) is 4.74 Å². The summed E-state index contributed by atoms with van der Waals surface area (Å²) >= 11 is 0. The first-order chi connectivity index (χ1) is 9.00. The highest BCUT2D eigenvalue weighted by Gasteiger charge is 2.36. The molecule has 1 aliphatic carbocycles. The Hall–Kier alpha value is -1.77. The van der Waals surface area contributed by atoms with E-state index in [0.717, 1.165) is 18.5 Å². The van der Waals surface area contributed by atoms with Gasteiger partial charge in [0.1, 0.15) is 6.10 Å². The van der Waals surface area contributed by atoms with Gasteiger partial charge in [0.05, 0.1) is 0 Å². The van der Waals surface area contributed by atoms with Crippen molar-refractivity contribution in [2.75, 3.05) is 5.32 Å². The van der Waals surface area contributed by atoms with Crippen LogP contribution in [-0.4, -0.2) is 12.2 Å². The smallest absolute Gasteiger partial charge is 0.412 e. The van der Waals surface area contributed by atoms with Gasteiger partial charge in [0.15, 0.2) is 0 Å². The zero-order chi connectivity index (χ0) is 13.9. The lowest BCUT2D eigenvalue weighted by Gasteiger charge is -2.17. The molecule has 1 aliphatic rings. The highest BCUT2D eigenvalue weighted by Crippen LogP contribution is 2.42. The number of carbonyl (C=O) groups excluding carboxylic acids is 1. The van der Waals surface area contributed by atoms with Crippen molar-refractivity contribution in [2.24, 2.45) is 5.41 Å². The normalized spacial score (nSPS) is 23.3. The van der Waals surface area contributed by atoms with E-state index in [2.05, 4.69) is 25.2 Å². The first-order valence-corrected chi connectivity index (χ1v) is 6.68. The van der Waals surface area contributed by atoms with Gasteiger partial charge in [0.25, 0.3) is 0 Å². The third-order valence-electron chi connectivity index (χ3n) is 3.47. The number of anilines is 1. The van der Waals surface area contributed by atoms with Gasteiger partial charge >= 0.3 is 6.09 Å². The van der Waals surface area contributed by atoms with E-state index in [1.165, 1.54) is 5.57 Å². The molecule has 0 spiro atoms. The van der Waals surface area contributed by atoms with Crippen molar-refractivity contribution < 1.29 is 9.53 Å². The first-order valence-electron chi connectivity index (χ1n) is 6.68. The van der Waals surface area contributed by atoms with Crippen LogP contribution in [0.1, 0.15) is 33.6 Å². The van der Waals surface area contributed by atoms with E-state index >= 15 is 0 Å². The van der Waals surface area contributed by atoms with Crippen molar-refractivity contribution in [1.82, 2.24) is 0 Å². The van der Waals surface area contributed by atoms with Crippen LogP contribution in [0.15, 0.2) is 42.0 Å². The van der Waals surface area contributed by atoms with E-state index in [9.17, 15) is 4.79 Å². The van der Waals surface area contributed by atoms with Crippen LogP contribution in [0.4, 0.5) is 10.5 Å². The Labute approximate surface area is 114 Å². The lowest BCUT2D eigenvalue weighted by molar-refractivity contribution is 0.122. The van der Waals surface area contributed by atoms with Gasteiger partial charge in [-0.15, -0.1) is 0 Å². The largest absolute Gasteiger partial charge is 0.441 e. The van der Waals surface area contributed by atoms with Crippen LogP contribution in [-0.2, 0) is 4.74 Å². The van der Waals surface area contributed by atoms with Crippen LogP contribution in [0.5, 0.6) is 0 Å². The third kappa shape index (κ3) is 3.60. The molecular weight excluding hydrogens is 238 g/mol. The molecule has 1 aromatic carbocycles. The molecule has 1 atom stereocenters. The second-order valence-electron chi connectivity index (χ2n) is 5.79. The minimum absolute atomic E-state index is 0.0938. The highest BCUT2D eigenvalue weighted by molar-refractivity contribution is 5.84. The minimum Gasteiger partial charge on any atom is -0.441 e. The summed E-state index contributed by atoms with van der Waals surface area (Å²) in [7, 11) is 0. The van der Waals surface area contributed by atoms with Gasteiger partial charge in [-0.2, -0.15) is 0 Å². The van der Waals surface area contributed by atoms with E-state index in [0.29, 0.717) is 0 Å². The van der Waals surface area contributed by atoms with Crippen molar-refractivity contribution in [3.8, 4) is 0 Å². The minimum atomic E-state index is -0.381. The van der Waals surface area contributed by atoms with Gasteiger partial charge in [0.2, 0.25) is 0 Å². The van der Waals surface area contributed by atoms with Crippen LogP contribution in [0.3, 0.4) is 0 Å². The molecule has 102 valence electrons. The highest BCUT2D eigenvalue weighted by atomic mass is 16.6. The van der Waals surface area contributed by atoms with Gasteiger partial charge in [-0.25, -0.2) is 4.79 Å². The molecule has 0 aliphatic heterocycles. The predicted octanol–water partition coefficient (Wildman–Crippen LogP) is 4.37. The lowest BCUT2D eigenvalue weighted by Crippen LogP contribution is -2.22. The molecular formula is C16H21NO2. The maximum absolute atomic E-state index is 11.9. The SMILES string of the molecule is C/C=C1\CC(C)(C)CC1OC(=O)Nc1ccccc1. The molecule has 3 nitrogen and oxygen atoms in total. The zero-order valence-electron chi connectivity index (χ0n) is 11.8. The van der Waals surface area contributed by atoms with Gasteiger partial charge in [0, 0.05) is 5.69 Å². The summed E-state index contributed by atoms with van der Waals surface area (Å²) in [5, 5.41) is 2.75. The van der Waals surface area contributed by atoms with Crippen molar-refractivity contribution in [1.29, 1.82) is 0 Å². The molecule has 3 heteroatoms. The van der Waals surface area contributed by atoms with Crippen LogP contribution in [0, 0.1) is 5.41 Å².